The fraction of sp³-hybridized carbons (Fsp3) is 0.0952. The minimum absolute atomic E-state index is 0.197. The van der Waals surface area contributed by atoms with Crippen molar-refractivity contribution in [2.24, 2.45) is 4.99 Å². The van der Waals surface area contributed by atoms with Crippen molar-refractivity contribution in [1.29, 1.82) is 0 Å². The highest BCUT2D eigenvalue weighted by atomic mass is 16.1. The Morgan fingerprint density at radius 1 is 1.04 bits per heavy atom. The number of nitrogens with one attached hydrogen (secondary N) is 1. The summed E-state index contributed by atoms with van der Waals surface area (Å²) in [6.45, 7) is 3.77. The molecule has 5 nitrogen and oxygen atoms in total. The van der Waals surface area contributed by atoms with Crippen LogP contribution in [0.3, 0.4) is 0 Å². The maximum Gasteiger partial charge on any atom is 0.278 e. The largest absolute Gasteiger partial charge is 0.295 e. The van der Waals surface area contributed by atoms with Gasteiger partial charge >= 0.3 is 0 Å². The van der Waals surface area contributed by atoms with Gasteiger partial charge in [-0.1, -0.05) is 30.3 Å². The van der Waals surface area contributed by atoms with Gasteiger partial charge in [-0.25, -0.2) is 9.67 Å². The molecule has 5 heteroatoms. The predicted octanol–water partition coefficient (Wildman–Crippen LogP) is 1.81. The maximum atomic E-state index is 12.8. The molecule has 0 fully saturated rings. The lowest BCUT2D eigenvalue weighted by atomic mass is 10.1. The number of aryl methyl sites for hydroxylation is 2. The molecule has 0 aliphatic carbocycles. The van der Waals surface area contributed by atoms with Gasteiger partial charge in [0.05, 0.1) is 16.6 Å². The van der Waals surface area contributed by atoms with E-state index in [4.69, 9.17) is 0 Å². The first-order valence-corrected chi connectivity index (χ1v) is 8.33. The number of fused-ring (bicyclic) bond motifs is 1. The Morgan fingerprint density at radius 2 is 1.81 bits per heavy atom. The molecule has 2 heterocycles. The van der Waals surface area contributed by atoms with E-state index in [0.717, 1.165) is 16.5 Å². The van der Waals surface area contributed by atoms with Gasteiger partial charge in [-0.05, 0) is 49.8 Å². The Hall–Kier alpha value is -3.47. The maximum absolute atomic E-state index is 12.8. The number of benzene rings is 2. The smallest absolute Gasteiger partial charge is 0.278 e. The molecule has 4 rings (SSSR count). The molecule has 1 aliphatic rings. The summed E-state index contributed by atoms with van der Waals surface area (Å²) in [6.07, 6.45) is 3.39. The van der Waals surface area contributed by atoms with Gasteiger partial charge in [0.2, 0.25) is 0 Å². The molecule has 1 N–H and O–H groups in total. The van der Waals surface area contributed by atoms with Gasteiger partial charge in [0.1, 0.15) is 0 Å². The van der Waals surface area contributed by atoms with Crippen LogP contribution in [0.25, 0.3) is 17.8 Å². The van der Waals surface area contributed by atoms with E-state index in [1.165, 1.54) is 4.68 Å². The molecule has 128 valence electrons. The van der Waals surface area contributed by atoms with Gasteiger partial charge in [0, 0.05) is 16.5 Å². The third-order valence-electron chi connectivity index (χ3n) is 4.40. The molecule has 2 aromatic carbocycles. The monoisotopic (exact) mass is 343 g/mol. The highest BCUT2D eigenvalue weighted by Crippen LogP contribution is 2.13. The fourth-order valence-electron chi connectivity index (χ4n) is 3.02. The number of hydrogen-bond donors (Lipinski definition) is 1. The topological polar surface area (TPSA) is 67.2 Å². The Morgan fingerprint density at radius 3 is 2.58 bits per heavy atom. The first kappa shape index (κ1) is 16.0. The van der Waals surface area contributed by atoms with Crippen LogP contribution >= 0.6 is 0 Å². The highest BCUT2D eigenvalue weighted by Gasteiger charge is 2.15. The van der Waals surface area contributed by atoms with E-state index in [0.29, 0.717) is 22.2 Å². The number of hydrogen-bond acceptors (Lipinski definition) is 2. The third kappa shape index (κ3) is 2.73. The molecule has 3 aromatic rings. The third-order valence-corrected chi connectivity index (χ3v) is 4.40. The second-order valence-corrected chi connectivity index (χ2v) is 6.35. The number of para-hydroxylation sites is 1. The predicted molar refractivity (Wildman–Crippen MR) is 101 cm³/mol. The molecule has 26 heavy (non-hydrogen) atoms. The summed E-state index contributed by atoms with van der Waals surface area (Å²) in [5.41, 5.74) is 3.16. The van der Waals surface area contributed by atoms with Crippen LogP contribution in [0.5, 0.6) is 0 Å². The van der Waals surface area contributed by atoms with Gasteiger partial charge in [-0.2, -0.15) is 0 Å². The van der Waals surface area contributed by atoms with E-state index in [1.54, 1.807) is 12.2 Å². The number of aromatic nitrogens is 2. The lowest BCUT2D eigenvalue weighted by Crippen LogP contribution is -2.30. The summed E-state index contributed by atoms with van der Waals surface area (Å²) in [6, 6.07) is 15.1. The molecule has 0 saturated heterocycles. The zero-order valence-electron chi connectivity index (χ0n) is 14.5. The Balaban J connectivity index is 1.85. The van der Waals surface area contributed by atoms with E-state index >= 15 is 0 Å². The van der Waals surface area contributed by atoms with Crippen LogP contribution in [0.1, 0.15) is 16.8 Å². The number of carbonyl (C=O) groups is 1. The SMILES string of the molecule is Cc1ccc2c(c1)=NC(=O)/C(=C/c1c(C)[nH]n(-c3ccccc3)c1=O)C=2. The van der Waals surface area contributed by atoms with Crippen LogP contribution < -0.4 is 16.1 Å². The average molecular weight is 343 g/mol. The van der Waals surface area contributed by atoms with Gasteiger partial charge in [0.15, 0.2) is 0 Å². The normalized spacial score (nSPS) is 14.7. The minimum atomic E-state index is -0.339. The summed E-state index contributed by atoms with van der Waals surface area (Å²) < 4.78 is 1.48. The van der Waals surface area contributed by atoms with Crippen molar-refractivity contribution in [1.82, 2.24) is 9.78 Å². The Kier molecular flexibility index (Phi) is 3.77. The van der Waals surface area contributed by atoms with E-state index < -0.39 is 0 Å². The first-order valence-electron chi connectivity index (χ1n) is 8.33. The molecule has 1 amide bonds. The zero-order valence-corrected chi connectivity index (χ0v) is 14.5. The van der Waals surface area contributed by atoms with Crippen LogP contribution in [0.4, 0.5) is 0 Å². The van der Waals surface area contributed by atoms with E-state index in [2.05, 4.69) is 10.1 Å². The van der Waals surface area contributed by atoms with Gasteiger partial charge in [0.25, 0.3) is 11.5 Å². The van der Waals surface area contributed by atoms with Crippen LogP contribution in [-0.4, -0.2) is 15.7 Å². The molecule has 0 spiro atoms. The van der Waals surface area contributed by atoms with Crippen LogP contribution in [0.15, 0.2) is 63.9 Å². The zero-order chi connectivity index (χ0) is 18.3. The molecule has 1 aliphatic heterocycles. The quantitative estimate of drug-likeness (QED) is 0.721. The van der Waals surface area contributed by atoms with Gasteiger partial charge in [-0.3, -0.25) is 14.7 Å². The summed E-state index contributed by atoms with van der Waals surface area (Å²) in [4.78, 5) is 29.3. The lowest BCUT2D eigenvalue weighted by Gasteiger charge is -2.03. The molecular weight excluding hydrogens is 326 g/mol. The Bertz CT molecular complexity index is 1230. The number of carbonyl (C=O) groups excluding carboxylic acids is 1. The van der Waals surface area contributed by atoms with Crippen molar-refractivity contribution in [3.63, 3.8) is 0 Å². The summed E-state index contributed by atoms with van der Waals surface area (Å²) in [7, 11) is 0. The molecule has 0 saturated carbocycles. The highest BCUT2D eigenvalue weighted by molar-refractivity contribution is 6.07. The minimum Gasteiger partial charge on any atom is -0.295 e. The molecule has 1 aromatic heterocycles. The number of H-pyrrole nitrogens is 1. The number of aromatic amines is 1. The van der Waals surface area contributed by atoms with Crippen molar-refractivity contribution >= 4 is 18.1 Å². The van der Waals surface area contributed by atoms with Crippen molar-refractivity contribution < 1.29 is 4.79 Å². The first-order chi connectivity index (χ1) is 12.5. The standard InChI is InChI=1S/C21H17N3O2/c1-13-8-9-15-11-16(20(25)22-19(15)10-13)12-18-14(2)23-24(21(18)26)17-6-4-3-5-7-17/h3-12,23H,1-2H3/b16-12+. The Labute approximate surface area is 149 Å². The van der Waals surface area contributed by atoms with Crippen molar-refractivity contribution in [2.45, 2.75) is 13.8 Å². The van der Waals surface area contributed by atoms with Crippen LogP contribution in [0, 0.1) is 13.8 Å². The molecule has 0 unspecified atom stereocenters. The van der Waals surface area contributed by atoms with Gasteiger partial charge < -0.3 is 0 Å². The van der Waals surface area contributed by atoms with E-state index in [1.807, 2.05) is 62.4 Å². The molecule has 0 radical (unpaired) electrons. The van der Waals surface area contributed by atoms with Crippen molar-refractivity contribution in [3.8, 4) is 5.69 Å². The van der Waals surface area contributed by atoms with Crippen molar-refractivity contribution in [3.05, 3.63) is 91.9 Å². The number of nitrogens with zero attached hydrogens (tertiary/aromatic N) is 2. The molecule has 0 bridgehead atoms. The number of rotatable bonds is 2. The van der Waals surface area contributed by atoms with Crippen molar-refractivity contribution in [2.75, 3.05) is 0 Å². The summed E-state index contributed by atoms with van der Waals surface area (Å²) in [5, 5.41) is 4.60. The van der Waals surface area contributed by atoms with E-state index in [-0.39, 0.29) is 11.5 Å². The number of amides is 1. The fourth-order valence-corrected chi connectivity index (χ4v) is 3.02. The second-order valence-electron chi connectivity index (χ2n) is 6.35. The van der Waals surface area contributed by atoms with Crippen LogP contribution in [-0.2, 0) is 4.79 Å². The van der Waals surface area contributed by atoms with Gasteiger partial charge in [-0.15, -0.1) is 0 Å². The average Bonchev–Trinajstić information content (AvgIpc) is 2.91. The van der Waals surface area contributed by atoms with E-state index in [9.17, 15) is 9.59 Å². The van der Waals surface area contributed by atoms with Crippen LogP contribution in [0.2, 0.25) is 0 Å². The molecule has 0 atom stereocenters. The summed E-state index contributed by atoms with van der Waals surface area (Å²) in [5.74, 6) is -0.339. The lowest BCUT2D eigenvalue weighted by molar-refractivity contribution is -0.114. The second kappa shape index (κ2) is 6.11. The molecular formula is C21H17N3O2. The summed E-state index contributed by atoms with van der Waals surface area (Å²) >= 11 is 0.